The number of anilines is 1. The lowest BCUT2D eigenvalue weighted by atomic mass is 10.00. The van der Waals surface area contributed by atoms with Crippen LogP contribution >= 0.6 is 23.2 Å². The van der Waals surface area contributed by atoms with Crippen molar-refractivity contribution in [2.45, 2.75) is 25.2 Å². The monoisotopic (exact) mass is 643 g/mol. The van der Waals surface area contributed by atoms with E-state index < -0.39 is 36.3 Å². The molecule has 44 heavy (non-hydrogen) atoms. The van der Waals surface area contributed by atoms with Gasteiger partial charge in [-0.15, -0.1) is 0 Å². The molecule has 5 N–H and O–H groups in total. The Morgan fingerprint density at radius 2 is 1.68 bits per heavy atom. The summed E-state index contributed by atoms with van der Waals surface area (Å²) in [6, 6.07) is 13.3. The van der Waals surface area contributed by atoms with Crippen LogP contribution in [0.2, 0.25) is 10.0 Å². The maximum absolute atomic E-state index is 13.1. The summed E-state index contributed by atoms with van der Waals surface area (Å²) in [5.74, 6) is -1.60. The first-order valence-electron chi connectivity index (χ1n) is 13.2. The number of aromatic nitrogens is 1. The Hall–Kier alpha value is -4.20. The number of carbonyl (C=O) groups is 3. The fourth-order valence-electron chi connectivity index (χ4n) is 4.46. The van der Waals surface area contributed by atoms with Crippen LogP contribution in [0.25, 0.3) is 22.4 Å². The highest BCUT2D eigenvalue weighted by Gasteiger charge is 2.33. The molecule has 0 saturated heterocycles. The standard InChI is InChI=1S/C30H31Cl2N5O7/c1-30(15-38,28(41)42)33-13-16-11-12-21(35-26(16)44-4)19-9-5-7-17(23(19)31)18-8-6-10-22(24(18)32)34-25(39)20-14-36(2)29(43)37(3)27(20)40/h5-12,14,27,33,38,40H,13,15H2,1-4H3,(H,34,39)(H,41,42). The molecule has 0 fully saturated rings. The predicted octanol–water partition coefficient (Wildman–Crippen LogP) is 3.79. The summed E-state index contributed by atoms with van der Waals surface area (Å²) in [5.41, 5.74) is 1.34. The van der Waals surface area contributed by atoms with Crippen molar-refractivity contribution in [3.8, 4) is 28.3 Å². The van der Waals surface area contributed by atoms with Gasteiger partial charge in [-0.1, -0.05) is 59.6 Å². The van der Waals surface area contributed by atoms with Crippen LogP contribution in [0.3, 0.4) is 0 Å². The van der Waals surface area contributed by atoms with Gasteiger partial charge in [0.1, 0.15) is 5.54 Å². The number of carboxylic acids is 1. The zero-order chi connectivity index (χ0) is 32.3. The largest absolute Gasteiger partial charge is 0.481 e. The van der Waals surface area contributed by atoms with E-state index in [1.54, 1.807) is 48.5 Å². The highest BCUT2D eigenvalue weighted by molar-refractivity contribution is 6.39. The number of ether oxygens (including phenoxy) is 1. The molecule has 2 aromatic carbocycles. The molecule has 0 bridgehead atoms. The molecule has 1 aromatic heterocycles. The number of pyridine rings is 1. The van der Waals surface area contributed by atoms with E-state index in [0.717, 1.165) is 4.90 Å². The number of urea groups is 1. The van der Waals surface area contributed by atoms with E-state index >= 15 is 0 Å². The predicted molar refractivity (Wildman–Crippen MR) is 165 cm³/mol. The Bertz CT molecular complexity index is 1650. The first-order valence-corrected chi connectivity index (χ1v) is 14.0. The van der Waals surface area contributed by atoms with Gasteiger partial charge < -0.3 is 30.3 Å². The van der Waals surface area contributed by atoms with Crippen LogP contribution in [-0.2, 0) is 16.1 Å². The van der Waals surface area contributed by atoms with Gasteiger partial charge in [0.05, 0.1) is 40.7 Å². The molecule has 1 aliphatic heterocycles. The molecule has 232 valence electrons. The number of rotatable bonds is 10. The number of methoxy groups -OCH3 is 1. The number of aliphatic carboxylic acids is 1. The Labute approximate surface area is 263 Å². The molecule has 0 radical (unpaired) electrons. The maximum Gasteiger partial charge on any atom is 0.326 e. The molecule has 3 amide bonds. The van der Waals surface area contributed by atoms with Crippen LogP contribution in [0.15, 0.2) is 60.3 Å². The van der Waals surface area contributed by atoms with E-state index in [0.29, 0.717) is 33.0 Å². The number of halogens is 2. The third-order valence-corrected chi connectivity index (χ3v) is 8.06. The molecule has 4 rings (SSSR count). The summed E-state index contributed by atoms with van der Waals surface area (Å²) in [5, 5.41) is 35.4. The van der Waals surface area contributed by atoms with Gasteiger partial charge in [-0.2, -0.15) is 0 Å². The maximum atomic E-state index is 13.1. The third kappa shape index (κ3) is 6.35. The van der Waals surface area contributed by atoms with Crippen molar-refractivity contribution in [2.75, 3.05) is 33.1 Å². The van der Waals surface area contributed by atoms with Crippen molar-refractivity contribution in [1.82, 2.24) is 20.1 Å². The number of hydrogen-bond donors (Lipinski definition) is 5. The number of hydrogen-bond acceptors (Lipinski definition) is 8. The normalized spacial score (nSPS) is 16.3. The molecule has 0 spiro atoms. The van der Waals surface area contributed by atoms with Crippen molar-refractivity contribution in [3.05, 3.63) is 75.9 Å². The highest BCUT2D eigenvalue weighted by atomic mass is 35.5. The first kappa shape index (κ1) is 32.7. The van der Waals surface area contributed by atoms with E-state index in [2.05, 4.69) is 15.6 Å². The number of benzene rings is 2. The Kier molecular flexibility index (Phi) is 9.81. The second kappa shape index (κ2) is 13.2. The molecule has 1 aliphatic rings. The van der Waals surface area contributed by atoms with Crippen LogP contribution in [0.4, 0.5) is 10.5 Å². The Morgan fingerprint density at radius 3 is 2.32 bits per heavy atom. The fraction of sp³-hybridized carbons (Fsp3) is 0.267. The molecule has 2 unspecified atom stereocenters. The minimum Gasteiger partial charge on any atom is -0.481 e. The molecule has 3 aromatic rings. The average molecular weight is 645 g/mol. The summed E-state index contributed by atoms with van der Waals surface area (Å²) >= 11 is 13.6. The van der Waals surface area contributed by atoms with Crippen LogP contribution in [-0.4, -0.2) is 87.6 Å². The number of likely N-dealkylation sites (N-methyl/N-ethyl adjacent to an activating group) is 1. The van der Waals surface area contributed by atoms with Crippen molar-refractivity contribution < 1.29 is 34.4 Å². The lowest BCUT2D eigenvalue weighted by molar-refractivity contribution is -0.146. The molecule has 12 nitrogen and oxygen atoms in total. The quantitative estimate of drug-likeness (QED) is 0.221. The van der Waals surface area contributed by atoms with E-state index in [4.69, 9.17) is 27.9 Å². The van der Waals surface area contributed by atoms with Crippen LogP contribution in [0.5, 0.6) is 5.88 Å². The van der Waals surface area contributed by atoms with Crippen LogP contribution in [0, 0.1) is 0 Å². The van der Waals surface area contributed by atoms with E-state index in [-0.39, 0.29) is 28.7 Å². The van der Waals surface area contributed by atoms with Gasteiger partial charge in [-0.3, -0.25) is 19.8 Å². The number of nitrogens with one attached hydrogen (secondary N) is 2. The third-order valence-electron chi connectivity index (χ3n) is 7.24. The Morgan fingerprint density at radius 1 is 1.05 bits per heavy atom. The lowest BCUT2D eigenvalue weighted by Gasteiger charge is -2.33. The number of aliphatic hydroxyl groups is 2. The lowest BCUT2D eigenvalue weighted by Crippen LogP contribution is -2.52. The molecule has 0 aliphatic carbocycles. The van der Waals surface area contributed by atoms with Gasteiger partial charge in [0.15, 0.2) is 6.23 Å². The van der Waals surface area contributed by atoms with Crippen LogP contribution < -0.4 is 15.4 Å². The van der Waals surface area contributed by atoms with Gasteiger partial charge >= 0.3 is 12.0 Å². The average Bonchev–Trinajstić information content (AvgIpc) is 3.01. The number of nitrogens with zero attached hydrogens (tertiary/aromatic N) is 3. The zero-order valence-corrected chi connectivity index (χ0v) is 25.8. The molecular weight excluding hydrogens is 613 g/mol. The van der Waals surface area contributed by atoms with Crippen molar-refractivity contribution in [2.24, 2.45) is 0 Å². The van der Waals surface area contributed by atoms with Gasteiger partial charge in [0.2, 0.25) is 5.88 Å². The molecule has 2 atom stereocenters. The minimum absolute atomic E-state index is 0.0429. The second-order valence-corrected chi connectivity index (χ2v) is 11.0. The SMILES string of the molecule is COc1nc(-c2cccc(-c3cccc(NC(=O)C4=CN(C)C(=O)N(C)C4O)c3Cl)c2Cl)ccc1CNC(C)(CO)C(=O)O. The summed E-state index contributed by atoms with van der Waals surface area (Å²) in [7, 11) is 4.29. The number of amides is 3. The summed E-state index contributed by atoms with van der Waals surface area (Å²) in [4.78, 5) is 43.5. The van der Waals surface area contributed by atoms with Crippen molar-refractivity contribution in [3.63, 3.8) is 0 Å². The number of aliphatic hydroxyl groups excluding tert-OH is 2. The fourth-order valence-corrected chi connectivity index (χ4v) is 5.06. The van der Waals surface area contributed by atoms with E-state index in [1.807, 2.05) is 0 Å². The van der Waals surface area contributed by atoms with Gasteiger partial charge in [-0.05, 0) is 19.1 Å². The molecule has 0 saturated carbocycles. The summed E-state index contributed by atoms with van der Waals surface area (Å²) < 4.78 is 5.46. The number of carboxylic acid groups (broad SMARTS) is 1. The van der Waals surface area contributed by atoms with E-state index in [1.165, 1.54) is 39.2 Å². The van der Waals surface area contributed by atoms with Gasteiger partial charge in [0.25, 0.3) is 5.91 Å². The highest BCUT2D eigenvalue weighted by Crippen LogP contribution is 2.41. The summed E-state index contributed by atoms with van der Waals surface area (Å²) in [6.07, 6.45) is -0.171. The topological polar surface area (TPSA) is 165 Å². The van der Waals surface area contributed by atoms with Crippen molar-refractivity contribution >= 4 is 46.8 Å². The molecule has 14 heteroatoms. The molecular formula is C30H31Cl2N5O7. The van der Waals surface area contributed by atoms with E-state index in [9.17, 15) is 29.7 Å². The Balaban J connectivity index is 1.63. The van der Waals surface area contributed by atoms with Crippen LogP contribution in [0.1, 0.15) is 12.5 Å². The zero-order valence-electron chi connectivity index (χ0n) is 24.3. The molecule has 2 heterocycles. The van der Waals surface area contributed by atoms with Gasteiger partial charge in [-0.25, -0.2) is 9.78 Å². The minimum atomic E-state index is -1.55. The first-order chi connectivity index (χ1) is 20.8. The van der Waals surface area contributed by atoms with Crippen molar-refractivity contribution in [1.29, 1.82) is 0 Å². The smallest absolute Gasteiger partial charge is 0.326 e. The number of carbonyl (C=O) groups excluding carboxylic acids is 2. The second-order valence-electron chi connectivity index (χ2n) is 10.3. The van der Waals surface area contributed by atoms with Gasteiger partial charge in [0, 0.05) is 49.1 Å². The summed E-state index contributed by atoms with van der Waals surface area (Å²) in [6.45, 7) is 0.830.